The van der Waals surface area contributed by atoms with Gasteiger partial charge in [-0.25, -0.2) is 9.97 Å². The number of aromatic amines is 2. The Balaban J connectivity index is 2.04. The van der Waals surface area contributed by atoms with Crippen LogP contribution < -0.4 is 66.7 Å². The average Bonchev–Trinajstić information content (AvgIpc) is 1.12. The Morgan fingerprint density at radius 1 is 0.475 bits per heavy atom. The molecule has 32 heteroatoms. The normalized spacial score (nSPS) is 14.9. The highest BCUT2D eigenvalue weighted by Crippen LogP contribution is 2.26. The summed E-state index contributed by atoms with van der Waals surface area (Å²) in [5, 5.41) is 34.3. The van der Waals surface area contributed by atoms with Crippen molar-refractivity contribution in [3.8, 4) is 5.75 Å². The van der Waals surface area contributed by atoms with Crippen molar-refractivity contribution in [2.45, 2.75) is 195 Å². The van der Waals surface area contributed by atoms with Crippen molar-refractivity contribution in [2.75, 3.05) is 26.2 Å². The number of rotatable bonds is 51. The number of phenols is 1. The van der Waals surface area contributed by atoms with Crippen LogP contribution in [0, 0.1) is 53.3 Å². The Hall–Kier alpha value is -9.62. The van der Waals surface area contributed by atoms with Gasteiger partial charge in [-0.3, -0.25) is 67.7 Å². The lowest BCUT2D eigenvalue weighted by Crippen LogP contribution is -2.50. The number of aliphatic hydroxyl groups excluding tert-OH is 1. The highest BCUT2D eigenvalue weighted by Gasteiger charge is 2.38. The highest BCUT2D eigenvalue weighted by molar-refractivity contribution is 5.99. The number of nitrogens with zero attached hydrogens (tertiary/aromatic N) is 5. The van der Waals surface area contributed by atoms with Gasteiger partial charge in [-0.15, -0.1) is 0 Å². The molecule has 0 saturated heterocycles. The molecule has 3 rings (SSSR count). The smallest absolute Gasteiger partial charge is 0.224 e. The van der Waals surface area contributed by atoms with Gasteiger partial charge in [0.05, 0.1) is 49.3 Å². The summed E-state index contributed by atoms with van der Waals surface area (Å²) in [5.74, 6) is -14.3. The second-order valence-corrected chi connectivity index (χ2v) is 27.1. The SMILES string of the molecule is CC[C@H](C)[C@H](CC(=O)[C@H](CO)NC(=O)[C@@H](CC(=O)[C@H](CC(C)C)NC(=O)[C@H](CCCN=C(N)N)CC(=O)[C@H](CCCN=C(N)N)NC(=O)[C@@H](CC(=O)[C@H](CCCN=C(N)N)NC(=O)[C@@H](CC(=O)[C@H](C)NC(=O)[C@@H](C)Cc1cnc[nH]1)Cc1ccc(O)cc1)Cc1cnc[nH]1)CC(C)C)C(N)=O. The number of amides is 6. The van der Waals surface area contributed by atoms with Crippen molar-refractivity contribution < 1.29 is 63.0 Å². The van der Waals surface area contributed by atoms with Crippen LogP contribution in [0.15, 0.2) is 64.3 Å². The number of carbonyl (C=O) groups is 11. The van der Waals surface area contributed by atoms with E-state index in [1.54, 1.807) is 32.2 Å². The van der Waals surface area contributed by atoms with Crippen LogP contribution in [-0.2, 0) is 72.0 Å². The first kappa shape index (κ1) is 85.6. The van der Waals surface area contributed by atoms with Crippen molar-refractivity contribution in [2.24, 2.45) is 108 Å². The van der Waals surface area contributed by atoms with Crippen molar-refractivity contribution >= 4 is 82.2 Å². The standard InChI is InChI=1S/C69H111N19O13/c1-9-40(6)51(61(70)96)32-60(95)55(35-89)88-64(99)45(23-38(2)3)30-59(94)54(24-39(4)5)87-63(98)44(13-10-20-79-67(71)72)28-57(92)52(14-11-21-80-68(73)74)86-66(101)47(27-49-34-78-37-83-49)31-58(93)53(15-12-22-81-69(75)76)85-65(100)46(26-43-16-18-50(90)19-17-43)29-56(91)42(8)84-62(97)41(7)25-48-33-77-36-82-48/h16-19,33-34,36-42,44-47,51-55,89-90H,9-15,20-32,35H2,1-8H3,(H2,70,96)(H,77,82)(H,78,83)(H,84,97)(H,85,100)(H,86,101)(H,87,98)(H,88,99)(H4,71,72,79)(H4,73,74,80)(H4,75,76,81)/t40-,41-,42-,44+,45+,46+,47+,51-,52-,53-,54-,55-/m0/s1. The lowest BCUT2D eigenvalue weighted by molar-refractivity contribution is -0.137. The summed E-state index contributed by atoms with van der Waals surface area (Å²) in [6.45, 7) is 13.4. The molecule has 0 unspecified atom stereocenters. The number of benzene rings is 1. The Bertz CT molecular complexity index is 3240. The number of aromatic hydroxyl groups is 1. The van der Waals surface area contributed by atoms with E-state index in [4.69, 9.17) is 40.1 Å². The van der Waals surface area contributed by atoms with Crippen molar-refractivity contribution in [3.05, 3.63) is 66.3 Å². The molecule has 32 nitrogen and oxygen atoms in total. The van der Waals surface area contributed by atoms with E-state index in [1.165, 1.54) is 37.9 Å². The van der Waals surface area contributed by atoms with Crippen LogP contribution >= 0.6 is 0 Å². The summed E-state index contributed by atoms with van der Waals surface area (Å²) in [6.07, 6.45) is 4.99. The first-order valence-electron chi connectivity index (χ1n) is 34.7. The number of imidazole rings is 2. The predicted molar refractivity (Wildman–Crippen MR) is 381 cm³/mol. The summed E-state index contributed by atoms with van der Waals surface area (Å²) in [4.78, 5) is 182. The number of phenolic OH excluding ortho intramolecular Hbond substituents is 1. The topological polar surface area (TPSA) is 565 Å². The van der Waals surface area contributed by atoms with E-state index in [2.05, 4.69) is 61.5 Å². The molecule has 0 aliphatic heterocycles. The second kappa shape index (κ2) is 44.5. The lowest BCUT2D eigenvalue weighted by atomic mass is 9.85. The highest BCUT2D eigenvalue weighted by atomic mass is 16.3. The molecule has 0 saturated carbocycles. The minimum atomic E-state index is -1.40. The molecular weight excluding hydrogens is 1300 g/mol. The van der Waals surface area contributed by atoms with Crippen LogP contribution in [0.3, 0.4) is 0 Å². The molecule has 12 atom stereocenters. The third-order valence-corrected chi connectivity index (χ3v) is 17.6. The molecule has 560 valence electrons. The van der Waals surface area contributed by atoms with Gasteiger partial charge in [-0.1, -0.05) is 67.0 Å². The van der Waals surface area contributed by atoms with Crippen LogP contribution in [0.5, 0.6) is 5.75 Å². The monoisotopic (exact) mass is 1410 g/mol. The molecule has 1 aromatic carbocycles. The summed E-state index contributed by atoms with van der Waals surface area (Å²) in [6, 6.07) is -0.308. The molecule has 2 aromatic heterocycles. The Labute approximate surface area is 590 Å². The molecule has 2 heterocycles. The first-order chi connectivity index (χ1) is 47.7. The van der Waals surface area contributed by atoms with Gasteiger partial charge in [0.2, 0.25) is 35.4 Å². The quantitative estimate of drug-likeness (QED) is 0.0209. The zero-order valence-electron chi connectivity index (χ0n) is 59.7. The van der Waals surface area contributed by atoms with E-state index < -0.39 is 162 Å². The van der Waals surface area contributed by atoms with Crippen molar-refractivity contribution in [1.29, 1.82) is 0 Å². The molecule has 0 radical (unpaired) electrons. The maximum atomic E-state index is 15.0. The molecule has 0 fully saturated rings. The molecular formula is C69H111N19O13. The van der Waals surface area contributed by atoms with Gasteiger partial charge in [0.1, 0.15) is 11.8 Å². The van der Waals surface area contributed by atoms with Crippen LogP contribution in [0.1, 0.15) is 162 Å². The molecule has 101 heavy (non-hydrogen) atoms. The number of nitrogens with two attached hydrogens (primary N) is 7. The number of hydrogen-bond acceptors (Lipinski definition) is 18. The zero-order valence-corrected chi connectivity index (χ0v) is 59.7. The number of H-pyrrole nitrogens is 2. The van der Waals surface area contributed by atoms with Crippen molar-refractivity contribution in [3.63, 3.8) is 0 Å². The molecule has 23 N–H and O–H groups in total. The first-order valence-corrected chi connectivity index (χ1v) is 34.7. The number of primary amides is 1. The Kier molecular flexibility index (Phi) is 37.7. The van der Waals surface area contributed by atoms with Gasteiger partial charge in [-0.05, 0) is 100 Å². The van der Waals surface area contributed by atoms with Gasteiger partial charge < -0.3 is 86.9 Å². The minimum absolute atomic E-state index is 0.00638. The third kappa shape index (κ3) is 32.5. The number of carbonyl (C=O) groups excluding carboxylic acids is 11. The molecule has 0 aliphatic carbocycles. The fraction of sp³-hybridized carbons (Fsp3) is 0.623. The predicted octanol–water partition coefficient (Wildman–Crippen LogP) is 0.600. The van der Waals surface area contributed by atoms with E-state index >= 15 is 4.79 Å². The van der Waals surface area contributed by atoms with Gasteiger partial charge in [-0.2, -0.15) is 0 Å². The fourth-order valence-electron chi connectivity index (χ4n) is 11.6. The van der Waals surface area contributed by atoms with E-state index in [0.717, 1.165) is 0 Å². The molecule has 0 bridgehead atoms. The number of hydrogen-bond donors (Lipinski definition) is 16. The Morgan fingerprint density at radius 3 is 1.36 bits per heavy atom. The van der Waals surface area contributed by atoms with Crippen LogP contribution in [0.4, 0.5) is 0 Å². The number of aliphatic hydroxyl groups is 1. The van der Waals surface area contributed by atoms with Crippen molar-refractivity contribution in [1.82, 2.24) is 46.5 Å². The number of nitrogens with one attached hydrogen (secondary N) is 7. The number of Topliss-reactive ketones (excluding diaryl/α,β-unsaturated/α-hetero) is 5. The van der Waals surface area contributed by atoms with Crippen LogP contribution in [0.2, 0.25) is 0 Å². The van der Waals surface area contributed by atoms with E-state index in [1.807, 2.05) is 34.6 Å². The van der Waals surface area contributed by atoms with Crippen LogP contribution in [-0.4, -0.2) is 169 Å². The van der Waals surface area contributed by atoms with E-state index in [9.17, 15) is 58.2 Å². The second-order valence-electron chi connectivity index (χ2n) is 27.1. The molecule has 6 amide bonds. The number of aliphatic imine (C=N–C) groups is 3. The summed E-state index contributed by atoms with van der Waals surface area (Å²) in [7, 11) is 0. The number of ketones is 5. The third-order valence-electron chi connectivity index (χ3n) is 17.6. The summed E-state index contributed by atoms with van der Waals surface area (Å²) < 4.78 is 0. The number of guanidine groups is 3. The molecule has 3 aromatic rings. The van der Waals surface area contributed by atoms with E-state index in [-0.39, 0.29) is 132 Å². The summed E-state index contributed by atoms with van der Waals surface area (Å²) in [5.41, 5.74) is 41.2. The largest absolute Gasteiger partial charge is 0.508 e. The number of aromatic nitrogens is 4. The minimum Gasteiger partial charge on any atom is -0.508 e. The maximum absolute atomic E-state index is 15.0. The summed E-state index contributed by atoms with van der Waals surface area (Å²) >= 11 is 0. The van der Waals surface area contributed by atoms with E-state index in [0.29, 0.717) is 29.8 Å². The zero-order chi connectivity index (χ0) is 75.5. The maximum Gasteiger partial charge on any atom is 0.224 e. The van der Waals surface area contributed by atoms with Gasteiger partial charge in [0.15, 0.2) is 46.8 Å². The fourth-order valence-corrected chi connectivity index (χ4v) is 11.6. The van der Waals surface area contributed by atoms with Crippen LogP contribution in [0.25, 0.3) is 0 Å². The average molecular weight is 1410 g/mol. The molecule has 0 spiro atoms. The van der Waals surface area contributed by atoms with Gasteiger partial charge in [0.25, 0.3) is 0 Å². The van der Waals surface area contributed by atoms with Gasteiger partial charge >= 0.3 is 0 Å². The lowest BCUT2D eigenvalue weighted by Gasteiger charge is -2.27. The van der Waals surface area contributed by atoms with Gasteiger partial charge in [0, 0.05) is 118 Å². The Morgan fingerprint density at radius 2 is 0.891 bits per heavy atom. The molecule has 0 aliphatic rings.